The third-order valence-electron chi connectivity index (χ3n) is 2.83. The van der Waals surface area contributed by atoms with E-state index < -0.39 is 0 Å². The summed E-state index contributed by atoms with van der Waals surface area (Å²) in [5, 5.41) is 0. The fourth-order valence-corrected chi connectivity index (χ4v) is 1.86. The lowest BCUT2D eigenvalue weighted by molar-refractivity contribution is -0.141. The summed E-state index contributed by atoms with van der Waals surface area (Å²) in [6, 6.07) is 0.0313. The van der Waals surface area contributed by atoms with Crippen LogP contribution in [0.4, 0.5) is 0 Å². The Kier molecular flexibility index (Phi) is 7.68. The number of hydrogen-bond donors (Lipinski definition) is 0. The van der Waals surface area contributed by atoms with Crippen LogP contribution >= 0.6 is 0 Å². The van der Waals surface area contributed by atoms with Gasteiger partial charge in [-0.3, -0.25) is 14.5 Å². The SMILES string of the molecule is CC(C)CN(C)CC(=O)N(CC(=O)N(C)C)C(C)C. The molecule has 0 aromatic carbocycles. The number of carbonyl (C=O) groups excluding carboxylic acids is 2. The zero-order valence-corrected chi connectivity index (χ0v) is 13.4. The van der Waals surface area contributed by atoms with Crippen LogP contribution in [0.5, 0.6) is 0 Å². The number of carbonyl (C=O) groups is 2. The predicted octanol–water partition coefficient (Wildman–Crippen LogP) is 0.899. The smallest absolute Gasteiger partial charge is 0.241 e. The summed E-state index contributed by atoms with van der Waals surface area (Å²) >= 11 is 0. The van der Waals surface area contributed by atoms with E-state index in [1.54, 1.807) is 19.0 Å². The molecule has 0 aromatic heterocycles. The molecule has 0 N–H and O–H groups in total. The highest BCUT2D eigenvalue weighted by molar-refractivity contribution is 5.85. The van der Waals surface area contributed by atoms with Crippen LogP contribution in [0.1, 0.15) is 27.7 Å². The Morgan fingerprint density at radius 1 is 0.895 bits per heavy atom. The molecular formula is C14H29N3O2. The van der Waals surface area contributed by atoms with Gasteiger partial charge in [0, 0.05) is 26.7 Å². The number of likely N-dealkylation sites (N-methyl/N-ethyl adjacent to an activating group) is 2. The van der Waals surface area contributed by atoms with Crippen molar-refractivity contribution in [2.75, 3.05) is 40.8 Å². The molecule has 0 unspecified atom stereocenters. The first-order valence-electron chi connectivity index (χ1n) is 6.83. The Labute approximate surface area is 117 Å². The van der Waals surface area contributed by atoms with E-state index in [1.807, 2.05) is 25.8 Å². The van der Waals surface area contributed by atoms with Gasteiger partial charge in [0.25, 0.3) is 0 Å². The van der Waals surface area contributed by atoms with Crippen LogP contribution in [0.3, 0.4) is 0 Å². The van der Waals surface area contributed by atoms with Gasteiger partial charge in [-0.2, -0.15) is 0 Å². The molecule has 0 aromatic rings. The van der Waals surface area contributed by atoms with E-state index in [2.05, 4.69) is 13.8 Å². The second kappa shape index (κ2) is 8.15. The first-order valence-corrected chi connectivity index (χ1v) is 6.83. The molecule has 0 bridgehead atoms. The van der Waals surface area contributed by atoms with E-state index in [9.17, 15) is 9.59 Å². The van der Waals surface area contributed by atoms with E-state index in [1.165, 1.54) is 4.90 Å². The fourth-order valence-electron chi connectivity index (χ4n) is 1.86. The third kappa shape index (κ3) is 7.15. The van der Waals surface area contributed by atoms with Crippen molar-refractivity contribution < 1.29 is 9.59 Å². The van der Waals surface area contributed by atoms with Crippen LogP contribution in [-0.2, 0) is 9.59 Å². The molecule has 0 aliphatic carbocycles. The summed E-state index contributed by atoms with van der Waals surface area (Å²) in [5.74, 6) is 0.482. The zero-order chi connectivity index (χ0) is 15.2. The molecule has 112 valence electrons. The second-order valence-corrected chi connectivity index (χ2v) is 5.99. The van der Waals surface area contributed by atoms with Gasteiger partial charge in [0.15, 0.2) is 0 Å². The summed E-state index contributed by atoms with van der Waals surface area (Å²) in [5.41, 5.74) is 0. The lowest BCUT2D eigenvalue weighted by atomic mass is 10.2. The predicted molar refractivity (Wildman–Crippen MR) is 77.9 cm³/mol. The van der Waals surface area contributed by atoms with E-state index in [0.717, 1.165) is 6.54 Å². The molecule has 0 atom stereocenters. The maximum atomic E-state index is 12.2. The van der Waals surface area contributed by atoms with Crippen molar-refractivity contribution >= 4 is 11.8 Å². The minimum Gasteiger partial charge on any atom is -0.347 e. The van der Waals surface area contributed by atoms with Crippen LogP contribution in [0.15, 0.2) is 0 Å². The highest BCUT2D eigenvalue weighted by Crippen LogP contribution is 2.03. The van der Waals surface area contributed by atoms with Crippen LogP contribution in [0.2, 0.25) is 0 Å². The van der Waals surface area contributed by atoms with Gasteiger partial charge in [0.2, 0.25) is 11.8 Å². The molecule has 0 saturated carbocycles. The number of hydrogen-bond acceptors (Lipinski definition) is 3. The Morgan fingerprint density at radius 3 is 1.79 bits per heavy atom. The first kappa shape index (κ1) is 17.9. The minimum atomic E-state index is -0.0476. The average Bonchev–Trinajstić information content (AvgIpc) is 2.22. The van der Waals surface area contributed by atoms with Crippen molar-refractivity contribution in [2.45, 2.75) is 33.7 Å². The van der Waals surface area contributed by atoms with Crippen molar-refractivity contribution in [2.24, 2.45) is 5.92 Å². The monoisotopic (exact) mass is 271 g/mol. The molecule has 0 radical (unpaired) electrons. The third-order valence-corrected chi connectivity index (χ3v) is 2.83. The van der Waals surface area contributed by atoms with E-state index >= 15 is 0 Å². The van der Waals surface area contributed by atoms with Gasteiger partial charge in [-0.25, -0.2) is 0 Å². The van der Waals surface area contributed by atoms with Crippen molar-refractivity contribution in [3.63, 3.8) is 0 Å². The highest BCUT2D eigenvalue weighted by Gasteiger charge is 2.22. The molecular weight excluding hydrogens is 242 g/mol. The standard InChI is InChI=1S/C14H29N3O2/c1-11(2)8-16(7)9-14(19)17(12(3)4)10-13(18)15(5)6/h11-12H,8-10H2,1-7H3. The second-order valence-electron chi connectivity index (χ2n) is 5.99. The molecule has 0 saturated heterocycles. The zero-order valence-electron chi connectivity index (χ0n) is 13.4. The van der Waals surface area contributed by atoms with E-state index in [-0.39, 0.29) is 24.4 Å². The molecule has 2 amide bonds. The van der Waals surface area contributed by atoms with Crippen molar-refractivity contribution in [1.29, 1.82) is 0 Å². The summed E-state index contributed by atoms with van der Waals surface area (Å²) in [7, 11) is 5.34. The Balaban J connectivity index is 4.54. The summed E-state index contributed by atoms with van der Waals surface area (Å²) in [4.78, 5) is 29.1. The van der Waals surface area contributed by atoms with Gasteiger partial charge in [-0.05, 0) is 26.8 Å². The molecule has 0 aliphatic rings. The Hall–Kier alpha value is -1.10. The van der Waals surface area contributed by atoms with Gasteiger partial charge in [0.1, 0.15) is 6.54 Å². The lowest BCUT2D eigenvalue weighted by Crippen LogP contribution is -2.47. The van der Waals surface area contributed by atoms with Crippen molar-refractivity contribution in [3.8, 4) is 0 Å². The number of nitrogens with zero attached hydrogens (tertiary/aromatic N) is 3. The average molecular weight is 271 g/mol. The quantitative estimate of drug-likeness (QED) is 0.691. The first-order chi connectivity index (χ1) is 8.65. The van der Waals surface area contributed by atoms with Gasteiger partial charge in [0.05, 0.1) is 6.54 Å². The normalized spacial score (nSPS) is 11.3. The summed E-state index contributed by atoms with van der Waals surface area (Å²) in [6.45, 7) is 9.50. The molecule has 5 nitrogen and oxygen atoms in total. The van der Waals surface area contributed by atoms with Gasteiger partial charge in [-0.15, -0.1) is 0 Å². The molecule has 0 heterocycles. The van der Waals surface area contributed by atoms with Gasteiger partial charge >= 0.3 is 0 Å². The number of rotatable bonds is 7. The Bertz CT molecular complexity index is 301. The van der Waals surface area contributed by atoms with Crippen LogP contribution in [0.25, 0.3) is 0 Å². The topological polar surface area (TPSA) is 43.9 Å². The van der Waals surface area contributed by atoms with Gasteiger partial charge in [-0.1, -0.05) is 13.8 Å². The molecule has 0 fully saturated rings. The molecule has 0 aliphatic heterocycles. The Morgan fingerprint density at radius 2 is 1.42 bits per heavy atom. The number of amides is 2. The molecule has 19 heavy (non-hydrogen) atoms. The van der Waals surface area contributed by atoms with E-state index in [0.29, 0.717) is 12.5 Å². The van der Waals surface area contributed by atoms with Crippen LogP contribution in [-0.4, -0.2) is 73.3 Å². The lowest BCUT2D eigenvalue weighted by Gasteiger charge is -2.29. The van der Waals surface area contributed by atoms with E-state index in [4.69, 9.17) is 0 Å². The highest BCUT2D eigenvalue weighted by atomic mass is 16.2. The fraction of sp³-hybridized carbons (Fsp3) is 0.857. The molecule has 0 rings (SSSR count). The largest absolute Gasteiger partial charge is 0.347 e. The molecule has 5 heteroatoms. The molecule has 0 spiro atoms. The maximum absolute atomic E-state index is 12.2. The van der Waals surface area contributed by atoms with Crippen molar-refractivity contribution in [1.82, 2.24) is 14.7 Å². The van der Waals surface area contributed by atoms with Crippen LogP contribution in [0, 0.1) is 5.92 Å². The summed E-state index contributed by atoms with van der Waals surface area (Å²) < 4.78 is 0. The van der Waals surface area contributed by atoms with Gasteiger partial charge < -0.3 is 9.80 Å². The maximum Gasteiger partial charge on any atom is 0.241 e. The minimum absolute atomic E-state index is 0.00773. The summed E-state index contributed by atoms with van der Waals surface area (Å²) in [6.07, 6.45) is 0. The van der Waals surface area contributed by atoms with Crippen molar-refractivity contribution in [3.05, 3.63) is 0 Å². The van der Waals surface area contributed by atoms with Crippen LogP contribution < -0.4 is 0 Å².